The smallest absolute Gasteiger partial charge is 0.123 e. The van der Waals surface area contributed by atoms with Crippen molar-refractivity contribution in [3.8, 4) is 0 Å². The molecule has 0 fully saturated rings. The molecule has 0 atom stereocenters. The van der Waals surface area contributed by atoms with E-state index < -0.39 is 0 Å². The first-order chi connectivity index (χ1) is 6.59. The fourth-order valence-corrected chi connectivity index (χ4v) is 1.73. The zero-order valence-corrected chi connectivity index (χ0v) is 8.58. The molecule has 1 aromatic heterocycles. The van der Waals surface area contributed by atoms with Gasteiger partial charge in [-0.2, -0.15) is 0 Å². The standard InChI is InChI=1S/C11H13FN2/c1-13(2)11-7-8-6-9(12)4-5-10(8)14(11)3/h4-7H,1-3H3. The Labute approximate surface area is 82.6 Å². The van der Waals surface area contributed by atoms with Gasteiger partial charge in [0.15, 0.2) is 0 Å². The van der Waals surface area contributed by atoms with Crippen molar-refractivity contribution in [3.63, 3.8) is 0 Å². The molecule has 74 valence electrons. The van der Waals surface area contributed by atoms with Crippen molar-refractivity contribution < 1.29 is 4.39 Å². The molecule has 0 radical (unpaired) electrons. The number of hydrogen-bond acceptors (Lipinski definition) is 1. The van der Waals surface area contributed by atoms with Gasteiger partial charge in [-0.3, -0.25) is 0 Å². The Bertz CT molecular complexity index is 471. The minimum atomic E-state index is -0.187. The third-order valence-electron chi connectivity index (χ3n) is 2.44. The Balaban J connectivity index is 2.73. The van der Waals surface area contributed by atoms with Crippen molar-refractivity contribution in [1.82, 2.24) is 4.57 Å². The molecule has 0 saturated heterocycles. The molecule has 2 rings (SSSR count). The van der Waals surface area contributed by atoms with Gasteiger partial charge < -0.3 is 9.47 Å². The van der Waals surface area contributed by atoms with Crippen LogP contribution in [0.15, 0.2) is 24.3 Å². The predicted molar refractivity (Wildman–Crippen MR) is 57.2 cm³/mol. The zero-order chi connectivity index (χ0) is 10.3. The van der Waals surface area contributed by atoms with Crippen LogP contribution in [-0.2, 0) is 7.05 Å². The molecule has 0 aliphatic rings. The molecule has 1 aromatic carbocycles. The van der Waals surface area contributed by atoms with Gasteiger partial charge in [-0.25, -0.2) is 4.39 Å². The van der Waals surface area contributed by atoms with Crippen LogP contribution in [0.4, 0.5) is 10.2 Å². The highest BCUT2D eigenvalue weighted by Crippen LogP contribution is 2.24. The van der Waals surface area contributed by atoms with Gasteiger partial charge in [0.1, 0.15) is 11.6 Å². The average Bonchev–Trinajstić information content (AvgIpc) is 2.43. The molecule has 0 unspecified atom stereocenters. The van der Waals surface area contributed by atoms with Crippen molar-refractivity contribution in [2.75, 3.05) is 19.0 Å². The van der Waals surface area contributed by atoms with E-state index in [-0.39, 0.29) is 5.82 Å². The summed E-state index contributed by atoms with van der Waals surface area (Å²) in [6.45, 7) is 0. The molecule has 0 aliphatic carbocycles. The van der Waals surface area contributed by atoms with Crippen molar-refractivity contribution in [2.24, 2.45) is 7.05 Å². The normalized spacial score (nSPS) is 10.9. The largest absolute Gasteiger partial charge is 0.364 e. The molecule has 0 spiro atoms. The Morgan fingerprint density at radius 2 is 1.93 bits per heavy atom. The number of benzene rings is 1. The van der Waals surface area contributed by atoms with Crippen LogP contribution in [0.1, 0.15) is 0 Å². The first-order valence-corrected chi connectivity index (χ1v) is 4.52. The van der Waals surface area contributed by atoms with Crippen molar-refractivity contribution in [3.05, 3.63) is 30.1 Å². The van der Waals surface area contributed by atoms with Crippen LogP contribution in [0.5, 0.6) is 0 Å². The number of aryl methyl sites for hydroxylation is 1. The van der Waals surface area contributed by atoms with Gasteiger partial charge in [-0.1, -0.05) is 0 Å². The summed E-state index contributed by atoms with van der Waals surface area (Å²) in [6.07, 6.45) is 0. The molecule has 0 aliphatic heterocycles. The van der Waals surface area contributed by atoms with Crippen LogP contribution in [0.25, 0.3) is 10.9 Å². The topological polar surface area (TPSA) is 8.17 Å². The second-order valence-corrected chi connectivity index (χ2v) is 3.66. The lowest BCUT2D eigenvalue weighted by Crippen LogP contribution is -2.12. The van der Waals surface area contributed by atoms with E-state index in [1.807, 2.05) is 32.1 Å². The number of nitrogens with zero attached hydrogens (tertiary/aromatic N) is 2. The maximum atomic E-state index is 13.0. The molecular weight excluding hydrogens is 179 g/mol. The first kappa shape index (κ1) is 9.06. The molecule has 0 bridgehead atoms. The lowest BCUT2D eigenvalue weighted by molar-refractivity contribution is 0.629. The molecule has 0 amide bonds. The summed E-state index contributed by atoms with van der Waals surface area (Å²) in [5, 5.41) is 0.941. The van der Waals surface area contributed by atoms with E-state index in [0.29, 0.717) is 0 Å². The average molecular weight is 192 g/mol. The lowest BCUT2D eigenvalue weighted by atomic mass is 10.2. The number of anilines is 1. The molecule has 0 N–H and O–H groups in total. The highest BCUT2D eigenvalue weighted by molar-refractivity contribution is 5.85. The van der Waals surface area contributed by atoms with E-state index in [9.17, 15) is 4.39 Å². The number of fused-ring (bicyclic) bond motifs is 1. The Hall–Kier alpha value is -1.51. The van der Waals surface area contributed by atoms with E-state index in [2.05, 4.69) is 4.57 Å². The fraction of sp³-hybridized carbons (Fsp3) is 0.273. The van der Waals surface area contributed by atoms with Gasteiger partial charge >= 0.3 is 0 Å². The molecule has 2 nitrogen and oxygen atoms in total. The molecule has 0 saturated carbocycles. The summed E-state index contributed by atoms with van der Waals surface area (Å²) >= 11 is 0. The van der Waals surface area contributed by atoms with Crippen LogP contribution in [-0.4, -0.2) is 18.7 Å². The Morgan fingerprint density at radius 3 is 2.57 bits per heavy atom. The zero-order valence-electron chi connectivity index (χ0n) is 8.58. The van der Waals surface area contributed by atoms with Crippen molar-refractivity contribution >= 4 is 16.7 Å². The van der Waals surface area contributed by atoms with Crippen LogP contribution < -0.4 is 4.90 Å². The molecule has 14 heavy (non-hydrogen) atoms. The van der Waals surface area contributed by atoms with Gasteiger partial charge in [0, 0.05) is 32.0 Å². The van der Waals surface area contributed by atoms with Gasteiger partial charge in [0.05, 0.1) is 0 Å². The van der Waals surface area contributed by atoms with Crippen molar-refractivity contribution in [2.45, 2.75) is 0 Å². The van der Waals surface area contributed by atoms with E-state index in [4.69, 9.17) is 0 Å². The monoisotopic (exact) mass is 192 g/mol. The number of rotatable bonds is 1. The van der Waals surface area contributed by atoms with Gasteiger partial charge in [-0.15, -0.1) is 0 Å². The summed E-state index contributed by atoms with van der Waals surface area (Å²) in [5.41, 5.74) is 1.05. The van der Waals surface area contributed by atoms with E-state index in [0.717, 1.165) is 16.7 Å². The molecule has 2 aromatic rings. The Morgan fingerprint density at radius 1 is 1.21 bits per heavy atom. The Kier molecular flexibility index (Phi) is 1.95. The van der Waals surface area contributed by atoms with Crippen LogP contribution >= 0.6 is 0 Å². The quantitative estimate of drug-likeness (QED) is 0.673. The van der Waals surface area contributed by atoms with Gasteiger partial charge in [0.25, 0.3) is 0 Å². The van der Waals surface area contributed by atoms with E-state index >= 15 is 0 Å². The molecular formula is C11H13FN2. The third-order valence-corrected chi connectivity index (χ3v) is 2.44. The summed E-state index contributed by atoms with van der Waals surface area (Å²) in [5.74, 6) is 0.888. The first-order valence-electron chi connectivity index (χ1n) is 4.52. The molecule has 3 heteroatoms. The van der Waals surface area contributed by atoms with Crippen LogP contribution in [0.3, 0.4) is 0 Å². The summed E-state index contributed by atoms with van der Waals surface area (Å²) in [7, 11) is 5.94. The van der Waals surface area contributed by atoms with Crippen molar-refractivity contribution in [1.29, 1.82) is 0 Å². The third kappa shape index (κ3) is 1.25. The number of halogens is 1. The highest BCUT2D eigenvalue weighted by atomic mass is 19.1. The molecule has 1 heterocycles. The minimum absolute atomic E-state index is 0.187. The maximum Gasteiger partial charge on any atom is 0.123 e. The van der Waals surface area contributed by atoms with Crippen LogP contribution in [0, 0.1) is 5.82 Å². The summed E-state index contributed by atoms with van der Waals surface area (Å²) in [6, 6.07) is 6.83. The number of aromatic nitrogens is 1. The second kappa shape index (κ2) is 3.01. The van der Waals surface area contributed by atoms with E-state index in [1.165, 1.54) is 6.07 Å². The van der Waals surface area contributed by atoms with Crippen LogP contribution in [0.2, 0.25) is 0 Å². The maximum absolute atomic E-state index is 13.0. The predicted octanol–water partition coefficient (Wildman–Crippen LogP) is 2.38. The van der Waals surface area contributed by atoms with E-state index in [1.54, 1.807) is 12.1 Å². The summed E-state index contributed by atoms with van der Waals surface area (Å²) < 4.78 is 15.0. The SMILES string of the molecule is CN(C)c1cc2cc(F)ccc2n1C. The fourth-order valence-electron chi connectivity index (χ4n) is 1.73. The van der Waals surface area contributed by atoms with Gasteiger partial charge in [0.2, 0.25) is 0 Å². The van der Waals surface area contributed by atoms with Gasteiger partial charge in [-0.05, 0) is 24.3 Å². The number of hydrogen-bond donors (Lipinski definition) is 0. The second-order valence-electron chi connectivity index (χ2n) is 3.66. The minimum Gasteiger partial charge on any atom is -0.364 e. The highest BCUT2D eigenvalue weighted by Gasteiger charge is 2.07. The lowest BCUT2D eigenvalue weighted by Gasteiger charge is -2.12. The summed E-state index contributed by atoms with van der Waals surface area (Å²) in [4.78, 5) is 2.01.